The van der Waals surface area contributed by atoms with Gasteiger partial charge < -0.3 is 10.1 Å². The van der Waals surface area contributed by atoms with E-state index in [1.807, 2.05) is 25.7 Å². The number of hydrogen-bond donors (Lipinski definition) is 1. The molecule has 1 unspecified atom stereocenters. The third kappa shape index (κ3) is 5.57. The molecule has 0 saturated heterocycles. The standard InChI is InChI=1S/C14H23NOS/c1-4-16-9-6-10-17-14-8-5-7-13(11-14)12(2)15-3/h5,7-8,11-12,15H,4,6,9-10H2,1-3H3. The van der Waals surface area contributed by atoms with Crippen LogP contribution in [0.1, 0.15) is 31.9 Å². The third-order valence-corrected chi connectivity index (χ3v) is 3.78. The second-order valence-corrected chi connectivity index (χ2v) is 5.15. The van der Waals surface area contributed by atoms with Crippen molar-refractivity contribution in [1.82, 2.24) is 5.32 Å². The molecule has 0 aliphatic carbocycles. The zero-order valence-corrected chi connectivity index (χ0v) is 11.8. The first-order valence-electron chi connectivity index (χ1n) is 6.25. The van der Waals surface area contributed by atoms with Crippen molar-refractivity contribution < 1.29 is 4.74 Å². The Bertz CT molecular complexity index is 317. The van der Waals surface area contributed by atoms with Gasteiger partial charge in [-0.05, 0) is 45.0 Å². The lowest BCUT2D eigenvalue weighted by Crippen LogP contribution is -2.12. The van der Waals surface area contributed by atoms with Crippen molar-refractivity contribution >= 4 is 11.8 Å². The minimum atomic E-state index is 0.416. The normalized spacial score (nSPS) is 12.6. The van der Waals surface area contributed by atoms with Crippen molar-refractivity contribution in [3.8, 4) is 0 Å². The fraction of sp³-hybridized carbons (Fsp3) is 0.571. The zero-order chi connectivity index (χ0) is 12.5. The van der Waals surface area contributed by atoms with Gasteiger partial charge in [-0.1, -0.05) is 12.1 Å². The Morgan fingerprint density at radius 1 is 1.41 bits per heavy atom. The lowest BCUT2D eigenvalue weighted by molar-refractivity contribution is 0.149. The Morgan fingerprint density at radius 3 is 2.94 bits per heavy atom. The van der Waals surface area contributed by atoms with E-state index in [1.54, 1.807) is 0 Å². The van der Waals surface area contributed by atoms with Gasteiger partial charge in [0.15, 0.2) is 0 Å². The summed E-state index contributed by atoms with van der Waals surface area (Å²) in [6.07, 6.45) is 1.12. The Morgan fingerprint density at radius 2 is 2.24 bits per heavy atom. The van der Waals surface area contributed by atoms with E-state index in [9.17, 15) is 0 Å². The van der Waals surface area contributed by atoms with Crippen LogP contribution >= 0.6 is 11.8 Å². The van der Waals surface area contributed by atoms with Gasteiger partial charge in [0.2, 0.25) is 0 Å². The smallest absolute Gasteiger partial charge is 0.0473 e. The van der Waals surface area contributed by atoms with Crippen LogP contribution in [0.25, 0.3) is 0 Å². The van der Waals surface area contributed by atoms with Gasteiger partial charge in [0.05, 0.1) is 0 Å². The molecule has 0 bridgehead atoms. The number of hydrogen-bond acceptors (Lipinski definition) is 3. The van der Waals surface area contributed by atoms with Crippen LogP contribution in [0.4, 0.5) is 0 Å². The van der Waals surface area contributed by atoms with Crippen molar-refractivity contribution in [1.29, 1.82) is 0 Å². The first kappa shape index (κ1) is 14.6. The van der Waals surface area contributed by atoms with Crippen LogP contribution in [0.15, 0.2) is 29.2 Å². The molecule has 2 nitrogen and oxygen atoms in total. The molecule has 1 aromatic carbocycles. The van der Waals surface area contributed by atoms with E-state index in [4.69, 9.17) is 4.74 Å². The lowest BCUT2D eigenvalue weighted by atomic mass is 10.1. The van der Waals surface area contributed by atoms with Crippen molar-refractivity contribution in [2.24, 2.45) is 0 Å². The third-order valence-electron chi connectivity index (χ3n) is 2.70. The molecule has 0 saturated carbocycles. The van der Waals surface area contributed by atoms with E-state index >= 15 is 0 Å². The SMILES string of the molecule is CCOCCCSc1cccc(C(C)NC)c1. The molecule has 0 aliphatic heterocycles. The summed E-state index contributed by atoms with van der Waals surface area (Å²) < 4.78 is 5.33. The molecule has 1 atom stereocenters. The highest BCUT2D eigenvalue weighted by Gasteiger charge is 2.03. The zero-order valence-electron chi connectivity index (χ0n) is 11.0. The van der Waals surface area contributed by atoms with Crippen LogP contribution in [0, 0.1) is 0 Å². The molecular weight excluding hydrogens is 230 g/mol. The van der Waals surface area contributed by atoms with Gasteiger partial charge >= 0.3 is 0 Å². The summed E-state index contributed by atoms with van der Waals surface area (Å²) in [5.41, 5.74) is 1.35. The number of thioether (sulfide) groups is 1. The molecule has 17 heavy (non-hydrogen) atoms. The van der Waals surface area contributed by atoms with E-state index in [1.165, 1.54) is 10.5 Å². The van der Waals surface area contributed by atoms with Gasteiger partial charge in [-0.15, -0.1) is 11.8 Å². The maximum atomic E-state index is 5.33. The van der Waals surface area contributed by atoms with Gasteiger partial charge in [0.25, 0.3) is 0 Å². The minimum Gasteiger partial charge on any atom is -0.382 e. The Labute approximate surface area is 109 Å². The highest BCUT2D eigenvalue weighted by molar-refractivity contribution is 7.99. The maximum Gasteiger partial charge on any atom is 0.0473 e. The fourth-order valence-electron chi connectivity index (χ4n) is 1.54. The number of benzene rings is 1. The van der Waals surface area contributed by atoms with Crippen LogP contribution in [-0.4, -0.2) is 26.0 Å². The molecule has 0 aromatic heterocycles. The summed E-state index contributed by atoms with van der Waals surface area (Å²) in [6.45, 7) is 5.91. The van der Waals surface area contributed by atoms with Crippen LogP contribution in [-0.2, 0) is 4.74 Å². The average molecular weight is 253 g/mol. The van der Waals surface area contributed by atoms with Gasteiger partial charge in [0, 0.05) is 29.9 Å². The summed E-state index contributed by atoms with van der Waals surface area (Å²) >= 11 is 1.91. The summed E-state index contributed by atoms with van der Waals surface area (Å²) in [6, 6.07) is 9.17. The Balaban J connectivity index is 2.38. The van der Waals surface area contributed by atoms with Crippen LogP contribution in [0.5, 0.6) is 0 Å². The van der Waals surface area contributed by atoms with Gasteiger partial charge in [-0.2, -0.15) is 0 Å². The monoisotopic (exact) mass is 253 g/mol. The van der Waals surface area contributed by atoms with E-state index in [0.717, 1.165) is 25.4 Å². The quantitative estimate of drug-likeness (QED) is 0.566. The molecule has 0 aliphatic rings. The molecule has 0 fully saturated rings. The van der Waals surface area contributed by atoms with E-state index in [0.29, 0.717) is 6.04 Å². The molecular formula is C14H23NOS. The number of ether oxygens (including phenoxy) is 1. The maximum absolute atomic E-state index is 5.33. The predicted molar refractivity (Wildman–Crippen MR) is 75.8 cm³/mol. The second-order valence-electron chi connectivity index (χ2n) is 3.98. The highest BCUT2D eigenvalue weighted by Crippen LogP contribution is 2.22. The van der Waals surface area contributed by atoms with Crippen molar-refractivity contribution in [3.05, 3.63) is 29.8 Å². The topological polar surface area (TPSA) is 21.3 Å². The number of nitrogens with one attached hydrogen (secondary N) is 1. The summed E-state index contributed by atoms with van der Waals surface area (Å²) in [4.78, 5) is 1.35. The molecule has 1 rings (SSSR count). The molecule has 0 heterocycles. The van der Waals surface area contributed by atoms with E-state index < -0.39 is 0 Å². The molecule has 3 heteroatoms. The minimum absolute atomic E-state index is 0.416. The molecule has 96 valence electrons. The predicted octanol–water partition coefficient (Wildman–Crippen LogP) is 3.49. The van der Waals surface area contributed by atoms with Crippen molar-refractivity contribution in [2.45, 2.75) is 31.2 Å². The molecule has 0 radical (unpaired) electrons. The van der Waals surface area contributed by atoms with Gasteiger partial charge in [0.1, 0.15) is 0 Å². The first-order valence-corrected chi connectivity index (χ1v) is 7.24. The molecule has 0 spiro atoms. The second kappa shape index (κ2) is 8.56. The summed E-state index contributed by atoms with van der Waals surface area (Å²) in [5, 5.41) is 3.26. The lowest BCUT2D eigenvalue weighted by Gasteiger charge is -2.11. The molecule has 1 aromatic rings. The van der Waals surface area contributed by atoms with Crippen molar-refractivity contribution in [3.63, 3.8) is 0 Å². The average Bonchev–Trinajstić information content (AvgIpc) is 2.38. The van der Waals surface area contributed by atoms with Crippen LogP contribution in [0.2, 0.25) is 0 Å². The van der Waals surface area contributed by atoms with Crippen molar-refractivity contribution in [2.75, 3.05) is 26.0 Å². The van der Waals surface area contributed by atoms with E-state index in [-0.39, 0.29) is 0 Å². The van der Waals surface area contributed by atoms with Gasteiger partial charge in [-0.25, -0.2) is 0 Å². The number of rotatable bonds is 8. The first-order chi connectivity index (χ1) is 8.27. The summed E-state index contributed by atoms with van der Waals surface area (Å²) in [7, 11) is 1.99. The summed E-state index contributed by atoms with van der Waals surface area (Å²) in [5.74, 6) is 1.12. The molecule has 0 amide bonds. The highest BCUT2D eigenvalue weighted by atomic mass is 32.2. The Hall–Kier alpha value is -0.510. The van der Waals surface area contributed by atoms with Crippen LogP contribution < -0.4 is 5.32 Å². The van der Waals surface area contributed by atoms with E-state index in [2.05, 4.69) is 36.5 Å². The fourth-order valence-corrected chi connectivity index (χ4v) is 2.43. The van der Waals surface area contributed by atoms with Gasteiger partial charge in [-0.3, -0.25) is 0 Å². The largest absolute Gasteiger partial charge is 0.382 e. The Kier molecular flexibility index (Phi) is 7.33. The molecule has 1 N–H and O–H groups in total. The van der Waals surface area contributed by atoms with Crippen LogP contribution in [0.3, 0.4) is 0 Å².